The fraction of sp³-hybridized carbons (Fsp3) is 0.562. The summed E-state index contributed by atoms with van der Waals surface area (Å²) in [6.07, 6.45) is 0.480. The lowest BCUT2D eigenvalue weighted by molar-refractivity contribution is -0.123. The molecule has 21 heavy (non-hydrogen) atoms. The molecule has 1 aromatic carbocycles. The third kappa shape index (κ3) is 6.25. The van der Waals surface area contributed by atoms with E-state index in [4.69, 9.17) is 9.47 Å². The first-order chi connectivity index (χ1) is 10.2. The highest BCUT2D eigenvalue weighted by molar-refractivity contribution is 5.75. The van der Waals surface area contributed by atoms with Crippen LogP contribution in [0.1, 0.15) is 12.0 Å². The van der Waals surface area contributed by atoms with Gasteiger partial charge in [-0.1, -0.05) is 30.3 Å². The van der Waals surface area contributed by atoms with Crippen LogP contribution in [0.3, 0.4) is 0 Å². The van der Waals surface area contributed by atoms with Gasteiger partial charge in [-0.05, 0) is 12.6 Å². The predicted molar refractivity (Wildman–Crippen MR) is 81.0 cm³/mol. The van der Waals surface area contributed by atoms with Gasteiger partial charge in [0.05, 0.1) is 25.9 Å². The number of hydrogen-bond acceptors (Lipinski definition) is 4. The number of nitrogens with one attached hydrogen (secondary N) is 1. The van der Waals surface area contributed by atoms with Crippen LogP contribution in [0.25, 0.3) is 0 Å². The van der Waals surface area contributed by atoms with Gasteiger partial charge in [-0.3, -0.25) is 4.79 Å². The number of benzene rings is 1. The average Bonchev–Trinajstić information content (AvgIpc) is 2.51. The number of likely N-dealkylation sites (N-methyl/N-ethyl adjacent to an activating group) is 1. The van der Waals surface area contributed by atoms with Gasteiger partial charge >= 0.3 is 0 Å². The molecule has 1 N–H and O–H groups in total. The Hall–Kier alpha value is -1.43. The van der Waals surface area contributed by atoms with Gasteiger partial charge in [-0.15, -0.1) is 0 Å². The molecule has 1 atom stereocenters. The zero-order chi connectivity index (χ0) is 14.9. The summed E-state index contributed by atoms with van der Waals surface area (Å²) in [5.41, 5.74) is 1.12. The Balaban J connectivity index is 1.53. The molecule has 116 valence electrons. The fourth-order valence-electron chi connectivity index (χ4n) is 2.24. The molecule has 1 aliphatic heterocycles. The summed E-state index contributed by atoms with van der Waals surface area (Å²) in [6, 6.07) is 9.95. The second kappa shape index (κ2) is 8.77. The predicted octanol–water partition coefficient (Wildman–Crippen LogP) is 1.04. The molecule has 1 aromatic rings. The molecule has 1 fully saturated rings. The van der Waals surface area contributed by atoms with Crippen LogP contribution in [0.4, 0.5) is 0 Å². The van der Waals surface area contributed by atoms with Crippen molar-refractivity contribution in [2.45, 2.75) is 19.1 Å². The number of hydrogen-bond donors (Lipinski definition) is 1. The highest BCUT2D eigenvalue weighted by Gasteiger charge is 2.17. The summed E-state index contributed by atoms with van der Waals surface area (Å²) in [4.78, 5) is 13.9. The molecule has 5 heteroatoms. The summed E-state index contributed by atoms with van der Waals surface area (Å²) < 4.78 is 11.1. The number of carbonyl (C=O) groups is 1. The van der Waals surface area contributed by atoms with E-state index in [1.54, 1.807) is 0 Å². The minimum atomic E-state index is 0.0138. The number of nitrogens with zero attached hydrogens (tertiary/aromatic N) is 1. The van der Waals surface area contributed by atoms with E-state index >= 15 is 0 Å². The number of ether oxygens (including phenoxy) is 2. The molecule has 0 bridgehead atoms. The van der Waals surface area contributed by atoms with E-state index in [-0.39, 0.29) is 12.0 Å². The first kappa shape index (κ1) is 15.9. The quantitative estimate of drug-likeness (QED) is 0.763. The van der Waals surface area contributed by atoms with Crippen molar-refractivity contribution in [1.82, 2.24) is 10.2 Å². The van der Waals surface area contributed by atoms with Gasteiger partial charge in [0.25, 0.3) is 0 Å². The number of carbonyl (C=O) groups excluding carboxylic acids is 1. The average molecular weight is 292 g/mol. The van der Waals surface area contributed by atoms with E-state index < -0.39 is 0 Å². The van der Waals surface area contributed by atoms with Gasteiger partial charge < -0.3 is 19.7 Å². The molecule has 1 amide bonds. The Labute approximate surface area is 126 Å². The van der Waals surface area contributed by atoms with Crippen LogP contribution in [0.15, 0.2) is 30.3 Å². The van der Waals surface area contributed by atoms with Crippen molar-refractivity contribution in [3.05, 3.63) is 35.9 Å². The Morgan fingerprint density at radius 1 is 1.43 bits per heavy atom. The third-order valence-electron chi connectivity index (χ3n) is 3.45. The molecule has 1 saturated heterocycles. The molecular formula is C16H24N2O3. The zero-order valence-corrected chi connectivity index (χ0v) is 12.6. The lowest BCUT2D eigenvalue weighted by Gasteiger charge is -2.30. The molecule has 2 rings (SSSR count). The molecule has 1 aliphatic rings. The molecular weight excluding hydrogens is 268 g/mol. The maximum Gasteiger partial charge on any atom is 0.222 e. The van der Waals surface area contributed by atoms with Crippen LogP contribution in [0.2, 0.25) is 0 Å². The fourth-order valence-corrected chi connectivity index (χ4v) is 2.24. The maximum absolute atomic E-state index is 11.7. The van der Waals surface area contributed by atoms with E-state index in [0.717, 1.165) is 25.3 Å². The van der Waals surface area contributed by atoms with E-state index in [0.29, 0.717) is 26.2 Å². The van der Waals surface area contributed by atoms with Gasteiger partial charge in [-0.2, -0.15) is 0 Å². The molecule has 0 spiro atoms. The second-order valence-electron chi connectivity index (χ2n) is 5.35. The van der Waals surface area contributed by atoms with Gasteiger partial charge in [0.2, 0.25) is 5.91 Å². The SMILES string of the molecule is CN1CCO[C@H](CNC(=O)CCOCc2ccccc2)C1. The summed E-state index contributed by atoms with van der Waals surface area (Å²) in [6.45, 7) is 4.11. The summed E-state index contributed by atoms with van der Waals surface area (Å²) in [5, 5.41) is 2.90. The molecule has 0 aliphatic carbocycles. The minimum absolute atomic E-state index is 0.0138. The van der Waals surface area contributed by atoms with Crippen molar-refractivity contribution < 1.29 is 14.3 Å². The second-order valence-corrected chi connectivity index (χ2v) is 5.35. The third-order valence-corrected chi connectivity index (χ3v) is 3.45. The number of morpholine rings is 1. The van der Waals surface area contributed by atoms with E-state index in [1.165, 1.54) is 0 Å². The molecule has 5 nitrogen and oxygen atoms in total. The van der Waals surface area contributed by atoms with Crippen LogP contribution in [0.5, 0.6) is 0 Å². The molecule has 0 unspecified atom stereocenters. The van der Waals surface area contributed by atoms with E-state index in [1.807, 2.05) is 30.3 Å². The summed E-state index contributed by atoms with van der Waals surface area (Å²) in [5.74, 6) is 0.0138. The summed E-state index contributed by atoms with van der Waals surface area (Å²) in [7, 11) is 2.06. The zero-order valence-electron chi connectivity index (χ0n) is 12.6. The van der Waals surface area contributed by atoms with Gasteiger partial charge in [-0.25, -0.2) is 0 Å². The largest absolute Gasteiger partial charge is 0.376 e. The molecule has 0 radical (unpaired) electrons. The van der Waals surface area contributed by atoms with Crippen molar-refractivity contribution in [2.24, 2.45) is 0 Å². The Kier molecular flexibility index (Phi) is 6.66. The van der Waals surface area contributed by atoms with E-state index in [2.05, 4.69) is 17.3 Å². The molecule has 0 saturated carbocycles. The highest BCUT2D eigenvalue weighted by Crippen LogP contribution is 2.02. The van der Waals surface area contributed by atoms with Crippen molar-refractivity contribution in [2.75, 3.05) is 39.9 Å². The van der Waals surface area contributed by atoms with Crippen molar-refractivity contribution in [1.29, 1.82) is 0 Å². The van der Waals surface area contributed by atoms with E-state index in [9.17, 15) is 4.79 Å². The van der Waals surface area contributed by atoms with Crippen LogP contribution in [-0.2, 0) is 20.9 Å². The van der Waals surface area contributed by atoms with Gasteiger partial charge in [0.1, 0.15) is 0 Å². The van der Waals surface area contributed by atoms with Crippen LogP contribution >= 0.6 is 0 Å². The van der Waals surface area contributed by atoms with Crippen molar-refractivity contribution in [3.8, 4) is 0 Å². The van der Waals surface area contributed by atoms with Gasteiger partial charge in [0.15, 0.2) is 0 Å². The van der Waals surface area contributed by atoms with Crippen LogP contribution in [-0.4, -0.2) is 56.8 Å². The topological polar surface area (TPSA) is 50.8 Å². The maximum atomic E-state index is 11.7. The van der Waals surface area contributed by atoms with Crippen LogP contribution < -0.4 is 5.32 Å². The van der Waals surface area contributed by atoms with Crippen LogP contribution in [0, 0.1) is 0 Å². The minimum Gasteiger partial charge on any atom is -0.376 e. The van der Waals surface area contributed by atoms with Gasteiger partial charge in [0, 0.05) is 26.1 Å². The normalized spacial score (nSPS) is 19.4. The standard InChI is InChI=1S/C16H24N2O3/c1-18-8-10-21-15(12-18)11-17-16(19)7-9-20-13-14-5-3-2-4-6-14/h2-6,15H,7-13H2,1H3,(H,17,19)/t15-/m1/s1. The lowest BCUT2D eigenvalue weighted by Crippen LogP contribution is -2.46. The first-order valence-electron chi connectivity index (χ1n) is 7.42. The Bertz CT molecular complexity index is 425. The number of rotatable bonds is 7. The first-order valence-corrected chi connectivity index (χ1v) is 7.42. The smallest absolute Gasteiger partial charge is 0.222 e. The molecule has 1 heterocycles. The van der Waals surface area contributed by atoms with Crippen molar-refractivity contribution >= 4 is 5.91 Å². The highest BCUT2D eigenvalue weighted by atomic mass is 16.5. The Morgan fingerprint density at radius 3 is 3.00 bits per heavy atom. The lowest BCUT2D eigenvalue weighted by atomic mass is 10.2. The number of amides is 1. The summed E-state index contributed by atoms with van der Waals surface area (Å²) >= 11 is 0. The molecule has 0 aromatic heterocycles. The van der Waals surface area contributed by atoms with Crippen molar-refractivity contribution in [3.63, 3.8) is 0 Å². The monoisotopic (exact) mass is 292 g/mol. The Morgan fingerprint density at radius 2 is 2.24 bits per heavy atom.